The number of unbranched alkanes of at least 4 members (excludes halogenated alkanes) is 1. The molecule has 0 aliphatic rings. The first-order valence-electron chi connectivity index (χ1n) is 11.0. The standard InChI is InChI=1S/C22H33N5O8/c23-9-5-4-8-15(25-19(31)14(24)11-18(29)30)20(32)26-16(10-13-6-2-1-3-7-13)21(33)27-17(12-28)22(34)35/h1-3,6-7,14-17,28H,4-5,8-12,23-24H2,(H,25,31)(H,26,32)(H,27,33)(H,29,30)(H,34,35). The van der Waals surface area contributed by atoms with Crippen molar-refractivity contribution in [1.82, 2.24) is 16.0 Å². The van der Waals surface area contributed by atoms with Crippen molar-refractivity contribution < 1.29 is 39.3 Å². The molecule has 0 aliphatic carbocycles. The van der Waals surface area contributed by atoms with E-state index in [4.69, 9.17) is 21.7 Å². The maximum atomic E-state index is 13.1. The lowest BCUT2D eigenvalue weighted by Gasteiger charge is -2.25. The third-order valence-electron chi connectivity index (χ3n) is 5.02. The molecular formula is C22H33N5O8. The second kappa shape index (κ2) is 15.4. The zero-order chi connectivity index (χ0) is 26.4. The van der Waals surface area contributed by atoms with E-state index in [1.807, 2.05) is 0 Å². The van der Waals surface area contributed by atoms with E-state index in [9.17, 15) is 29.1 Å². The molecule has 3 amide bonds. The highest BCUT2D eigenvalue weighted by Gasteiger charge is 2.30. The zero-order valence-electron chi connectivity index (χ0n) is 19.2. The Morgan fingerprint density at radius 2 is 1.40 bits per heavy atom. The van der Waals surface area contributed by atoms with Gasteiger partial charge in [-0.25, -0.2) is 4.79 Å². The van der Waals surface area contributed by atoms with Gasteiger partial charge >= 0.3 is 11.9 Å². The van der Waals surface area contributed by atoms with Crippen molar-refractivity contribution in [2.75, 3.05) is 13.2 Å². The molecule has 0 radical (unpaired) electrons. The molecule has 4 atom stereocenters. The second-order valence-electron chi connectivity index (χ2n) is 7.88. The molecule has 13 nitrogen and oxygen atoms in total. The number of carboxylic acid groups (broad SMARTS) is 2. The van der Waals surface area contributed by atoms with Gasteiger partial charge in [-0.15, -0.1) is 0 Å². The first-order chi connectivity index (χ1) is 16.6. The number of carbonyl (C=O) groups is 5. The zero-order valence-corrected chi connectivity index (χ0v) is 19.2. The highest BCUT2D eigenvalue weighted by atomic mass is 16.4. The van der Waals surface area contributed by atoms with E-state index in [-0.39, 0.29) is 12.8 Å². The SMILES string of the molecule is NCCCCC(NC(=O)C(N)CC(=O)O)C(=O)NC(Cc1ccccc1)C(=O)NC(CO)C(=O)O. The van der Waals surface area contributed by atoms with Crippen molar-refractivity contribution >= 4 is 29.7 Å². The van der Waals surface area contributed by atoms with Crippen LogP contribution in [-0.4, -0.2) is 82.3 Å². The van der Waals surface area contributed by atoms with Crippen LogP contribution in [0.4, 0.5) is 0 Å². The van der Waals surface area contributed by atoms with E-state index in [0.29, 0.717) is 24.9 Å². The number of benzene rings is 1. The molecule has 10 N–H and O–H groups in total. The average Bonchev–Trinajstić information content (AvgIpc) is 2.81. The lowest BCUT2D eigenvalue weighted by molar-refractivity contribution is -0.143. The molecule has 0 aliphatic heterocycles. The van der Waals surface area contributed by atoms with E-state index in [2.05, 4.69) is 16.0 Å². The number of rotatable bonds is 16. The Balaban J connectivity index is 3.07. The predicted octanol–water partition coefficient (Wildman–Crippen LogP) is -2.31. The second-order valence-corrected chi connectivity index (χ2v) is 7.88. The van der Waals surface area contributed by atoms with Gasteiger partial charge in [0.15, 0.2) is 0 Å². The largest absolute Gasteiger partial charge is 0.481 e. The van der Waals surface area contributed by atoms with Crippen molar-refractivity contribution in [3.63, 3.8) is 0 Å². The number of hydrogen-bond acceptors (Lipinski definition) is 8. The quantitative estimate of drug-likeness (QED) is 0.114. The van der Waals surface area contributed by atoms with Gasteiger partial charge in [-0.1, -0.05) is 30.3 Å². The summed E-state index contributed by atoms with van der Waals surface area (Å²) in [4.78, 5) is 60.2. The van der Waals surface area contributed by atoms with E-state index in [0.717, 1.165) is 0 Å². The smallest absolute Gasteiger partial charge is 0.328 e. The van der Waals surface area contributed by atoms with Crippen LogP contribution in [0.3, 0.4) is 0 Å². The summed E-state index contributed by atoms with van der Waals surface area (Å²) in [6, 6.07) is 3.27. The van der Waals surface area contributed by atoms with Gasteiger partial charge in [0.05, 0.1) is 19.1 Å². The van der Waals surface area contributed by atoms with Crippen LogP contribution in [0.1, 0.15) is 31.2 Å². The maximum absolute atomic E-state index is 13.1. The van der Waals surface area contributed by atoms with Crippen LogP contribution >= 0.6 is 0 Å². The fourth-order valence-corrected chi connectivity index (χ4v) is 3.11. The number of carbonyl (C=O) groups excluding carboxylic acids is 3. The molecule has 1 aromatic carbocycles. The number of carboxylic acids is 2. The topological polar surface area (TPSA) is 234 Å². The Morgan fingerprint density at radius 3 is 1.94 bits per heavy atom. The van der Waals surface area contributed by atoms with Crippen LogP contribution in [0.15, 0.2) is 30.3 Å². The number of aliphatic hydroxyl groups excluding tert-OH is 1. The minimum atomic E-state index is -1.58. The molecule has 0 heterocycles. The summed E-state index contributed by atoms with van der Waals surface area (Å²) in [7, 11) is 0. The fourth-order valence-electron chi connectivity index (χ4n) is 3.11. The molecule has 0 spiro atoms. The number of hydrogen-bond donors (Lipinski definition) is 8. The fraction of sp³-hybridized carbons (Fsp3) is 0.500. The van der Waals surface area contributed by atoms with Gasteiger partial charge in [-0.3, -0.25) is 19.2 Å². The minimum Gasteiger partial charge on any atom is -0.481 e. The van der Waals surface area contributed by atoms with Crippen LogP contribution in [0, 0.1) is 0 Å². The van der Waals surface area contributed by atoms with Crippen LogP contribution < -0.4 is 27.4 Å². The minimum absolute atomic E-state index is 0.00181. The Kier molecular flexibility index (Phi) is 12.9. The van der Waals surface area contributed by atoms with E-state index >= 15 is 0 Å². The Morgan fingerprint density at radius 1 is 0.829 bits per heavy atom. The van der Waals surface area contributed by atoms with E-state index in [1.165, 1.54) is 0 Å². The van der Waals surface area contributed by atoms with Crippen molar-refractivity contribution in [3.05, 3.63) is 35.9 Å². The lowest BCUT2D eigenvalue weighted by Crippen LogP contribution is -2.58. The van der Waals surface area contributed by atoms with Crippen molar-refractivity contribution in [1.29, 1.82) is 0 Å². The molecule has 0 bridgehead atoms. The highest BCUT2D eigenvalue weighted by Crippen LogP contribution is 2.07. The summed E-state index contributed by atoms with van der Waals surface area (Å²) < 4.78 is 0. The third-order valence-corrected chi connectivity index (χ3v) is 5.02. The third kappa shape index (κ3) is 10.9. The van der Waals surface area contributed by atoms with Crippen LogP contribution in [0.25, 0.3) is 0 Å². The van der Waals surface area contributed by atoms with Gasteiger partial charge in [0.2, 0.25) is 17.7 Å². The summed E-state index contributed by atoms with van der Waals surface area (Å²) in [5.41, 5.74) is 11.7. The Bertz CT molecular complexity index is 867. The van der Waals surface area contributed by atoms with Gasteiger partial charge in [0.1, 0.15) is 18.1 Å². The molecule has 0 saturated heterocycles. The van der Waals surface area contributed by atoms with Gasteiger partial charge in [-0.05, 0) is 31.4 Å². The number of aliphatic hydroxyl groups is 1. The summed E-state index contributed by atoms with van der Waals surface area (Å²) in [5, 5.41) is 34.3. The van der Waals surface area contributed by atoms with Gasteiger partial charge in [0, 0.05) is 6.42 Å². The Labute approximate surface area is 202 Å². The summed E-state index contributed by atoms with van der Waals surface area (Å²) in [6.07, 6.45) is 0.496. The van der Waals surface area contributed by atoms with Crippen molar-refractivity contribution in [2.45, 2.75) is 56.3 Å². The molecule has 194 valence electrons. The first-order valence-corrected chi connectivity index (χ1v) is 11.0. The molecule has 1 rings (SSSR count). The van der Waals surface area contributed by atoms with Crippen molar-refractivity contribution in [3.8, 4) is 0 Å². The molecule has 13 heteroatoms. The summed E-state index contributed by atoms with van der Waals surface area (Å²) in [5.74, 6) is -5.18. The molecule has 0 fully saturated rings. The van der Waals surface area contributed by atoms with Gasteiger partial charge in [-0.2, -0.15) is 0 Å². The Hall–Kier alpha value is -3.55. The van der Waals surface area contributed by atoms with Crippen LogP contribution in [0.5, 0.6) is 0 Å². The van der Waals surface area contributed by atoms with E-state index in [1.54, 1.807) is 30.3 Å². The molecule has 35 heavy (non-hydrogen) atoms. The highest BCUT2D eigenvalue weighted by molar-refractivity contribution is 5.94. The predicted molar refractivity (Wildman–Crippen MR) is 124 cm³/mol. The number of aliphatic carboxylic acids is 2. The number of nitrogens with one attached hydrogen (secondary N) is 3. The number of amides is 3. The summed E-state index contributed by atoms with van der Waals surface area (Å²) >= 11 is 0. The first kappa shape index (κ1) is 29.5. The molecule has 0 saturated carbocycles. The van der Waals surface area contributed by atoms with E-state index < -0.39 is 66.9 Å². The molecule has 4 unspecified atom stereocenters. The number of nitrogens with two attached hydrogens (primary N) is 2. The van der Waals surface area contributed by atoms with Gasteiger partial charge < -0.3 is 42.7 Å². The van der Waals surface area contributed by atoms with Crippen LogP contribution in [0.2, 0.25) is 0 Å². The van der Waals surface area contributed by atoms with Crippen molar-refractivity contribution in [2.24, 2.45) is 11.5 Å². The van der Waals surface area contributed by atoms with Gasteiger partial charge in [0.25, 0.3) is 0 Å². The normalized spacial score (nSPS) is 14.1. The molecule has 0 aromatic heterocycles. The lowest BCUT2D eigenvalue weighted by atomic mass is 10.0. The molecule has 1 aromatic rings. The summed E-state index contributed by atoms with van der Waals surface area (Å²) in [6.45, 7) is -0.510. The maximum Gasteiger partial charge on any atom is 0.328 e. The average molecular weight is 496 g/mol. The molecular weight excluding hydrogens is 462 g/mol. The van der Waals surface area contributed by atoms with Crippen LogP contribution in [-0.2, 0) is 30.4 Å². The monoisotopic (exact) mass is 495 g/mol.